The van der Waals surface area contributed by atoms with Gasteiger partial charge < -0.3 is 9.80 Å². The number of guanidine groups is 1. The van der Waals surface area contributed by atoms with Gasteiger partial charge in [0, 0.05) is 44.3 Å². The summed E-state index contributed by atoms with van der Waals surface area (Å²) in [5.41, 5.74) is 1.34. The quantitative estimate of drug-likeness (QED) is 0.229. The number of carbonyl (C=O) groups is 1. The molecule has 4 heterocycles. The van der Waals surface area contributed by atoms with E-state index in [4.69, 9.17) is 0 Å². The lowest BCUT2D eigenvalue weighted by atomic mass is 9.93. The molecule has 2 aliphatic rings. The number of nitrogens with one attached hydrogen (secondary N) is 2. The van der Waals surface area contributed by atoms with Crippen molar-refractivity contribution in [1.82, 2.24) is 29.7 Å². The van der Waals surface area contributed by atoms with E-state index in [1.54, 1.807) is 27.8 Å². The number of imidazole rings is 1. The van der Waals surface area contributed by atoms with E-state index in [2.05, 4.69) is 20.3 Å². The lowest BCUT2D eigenvalue weighted by Gasteiger charge is -2.34. The predicted octanol–water partition coefficient (Wildman–Crippen LogP) is 2.86. The molecule has 39 heavy (non-hydrogen) atoms. The van der Waals surface area contributed by atoms with E-state index in [0.717, 1.165) is 11.6 Å². The average Bonchev–Trinajstić information content (AvgIpc) is 3.20. The number of pyridine rings is 1. The zero-order chi connectivity index (χ0) is 27.5. The third kappa shape index (κ3) is 5.21. The van der Waals surface area contributed by atoms with Crippen molar-refractivity contribution in [2.75, 3.05) is 26.2 Å². The van der Waals surface area contributed by atoms with Crippen LogP contribution in [0.2, 0.25) is 0 Å². The van der Waals surface area contributed by atoms with Crippen molar-refractivity contribution in [3.63, 3.8) is 0 Å². The summed E-state index contributed by atoms with van der Waals surface area (Å²) in [5, 5.41) is 12.1. The number of aromatic nitrogens is 3. The number of fused-ring (bicyclic) bond motifs is 1. The molecule has 2 aliphatic heterocycles. The Labute approximate surface area is 224 Å². The molecule has 0 radical (unpaired) electrons. The number of piperidine rings is 1. The largest absolute Gasteiger partial charge is 0.342 e. The van der Waals surface area contributed by atoms with Gasteiger partial charge in [-0.3, -0.25) is 19.7 Å². The fraction of sp³-hybridized carbons (Fsp3) is 0.444. The number of hydrogen-bond acceptors (Lipinski definition) is 5. The van der Waals surface area contributed by atoms with Crippen molar-refractivity contribution in [3.8, 4) is 6.19 Å². The minimum atomic E-state index is -0.907. The first-order valence-electron chi connectivity index (χ1n) is 13.2. The molecule has 2 unspecified atom stereocenters. The van der Waals surface area contributed by atoms with Crippen LogP contribution < -0.4 is 11.0 Å². The summed E-state index contributed by atoms with van der Waals surface area (Å²) >= 11 is 0. The smallest absolute Gasteiger partial charge is 0.327 e. The number of carbonyl (C=O) groups excluding carboxylic acids is 1. The summed E-state index contributed by atoms with van der Waals surface area (Å²) in [4.78, 5) is 41.2. The second-order valence-corrected chi connectivity index (χ2v) is 9.89. The van der Waals surface area contributed by atoms with Crippen molar-refractivity contribution in [3.05, 3.63) is 64.2 Å². The zero-order valence-electron chi connectivity index (χ0n) is 21.6. The van der Waals surface area contributed by atoms with Gasteiger partial charge in [0.15, 0.2) is 23.5 Å². The number of likely N-dealkylation sites (tertiary alicyclic amines) is 2. The topological polar surface area (TPSA) is 122 Å². The van der Waals surface area contributed by atoms with Crippen molar-refractivity contribution in [2.24, 2.45) is 4.99 Å². The Morgan fingerprint density at radius 2 is 1.97 bits per heavy atom. The Balaban J connectivity index is 1.34. The molecule has 3 aromatic rings. The molecule has 12 heteroatoms. The van der Waals surface area contributed by atoms with Crippen molar-refractivity contribution in [2.45, 2.75) is 50.6 Å². The number of hydrogen-bond donors (Lipinski definition) is 2. The summed E-state index contributed by atoms with van der Waals surface area (Å²) in [6.45, 7) is 3.55. The van der Waals surface area contributed by atoms with Gasteiger partial charge in [-0.2, -0.15) is 5.26 Å². The number of likely N-dealkylation sites (N-methyl/N-ethyl adjacent to an activating group) is 1. The van der Waals surface area contributed by atoms with Crippen LogP contribution in [0.5, 0.6) is 0 Å². The van der Waals surface area contributed by atoms with E-state index < -0.39 is 17.7 Å². The number of amides is 1. The van der Waals surface area contributed by atoms with E-state index in [0.29, 0.717) is 56.9 Å². The number of halogens is 2. The monoisotopic (exact) mass is 536 g/mol. The van der Waals surface area contributed by atoms with Crippen LogP contribution in [0.1, 0.15) is 50.1 Å². The van der Waals surface area contributed by atoms with Crippen LogP contribution in [0.4, 0.5) is 8.78 Å². The molecule has 0 spiro atoms. The summed E-state index contributed by atoms with van der Waals surface area (Å²) < 4.78 is 30.2. The van der Waals surface area contributed by atoms with Gasteiger partial charge >= 0.3 is 5.69 Å². The van der Waals surface area contributed by atoms with E-state index in [-0.39, 0.29) is 35.7 Å². The number of H-pyrrole nitrogens is 1. The number of aliphatic imine (C=N–C) groups is 1. The van der Waals surface area contributed by atoms with E-state index in [1.165, 1.54) is 6.07 Å². The fourth-order valence-corrected chi connectivity index (χ4v) is 5.68. The van der Waals surface area contributed by atoms with Crippen LogP contribution in [0.3, 0.4) is 0 Å². The molecule has 2 N–H and O–H groups in total. The summed E-state index contributed by atoms with van der Waals surface area (Å²) in [7, 11) is 0. The third-order valence-corrected chi connectivity index (χ3v) is 7.69. The van der Waals surface area contributed by atoms with Crippen LogP contribution in [0.15, 0.2) is 46.3 Å². The lowest BCUT2D eigenvalue weighted by Crippen LogP contribution is -2.47. The van der Waals surface area contributed by atoms with Crippen molar-refractivity contribution >= 4 is 23.0 Å². The zero-order valence-corrected chi connectivity index (χ0v) is 21.6. The van der Waals surface area contributed by atoms with Gasteiger partial charge in [0.25, 0.3) is 0 Å². The minimum absolute atomic E-state index is 0.0490. The molecule has 1 aromatic carbocycles. The van der Waals surface area contributed by atoms with Crippen LogP contribution in [0.25, 0.3) is 11.2 Å². The van der Waals surface area contributed by atoms with E-state index in [1.807, 2.05) is 24.1 Å². The molecule has 2 saturated heterocycles. The highest BCUT2D eigenvalue weighted by Gasteiger charge is 2.34. The number of nitriles is 1. The molecule has 2 atom stereocenters. The Kier molecular flexibility index (Phi) is 7.58. The Morgan fingerprint density at radius 3 is 2.72 bits per heavy atom. The molecule has 0 bridgehead atoms. The highest BCUT2D eigenvalue weighted by atomic mass is 19.2. The summed E-state index contributed by atoms with van der Waals surface area (Å²) in [6.07, 6.45) is 5.60. The van der Waals surface area contributed by atoms with E-state index in [9.17, 15) is 23.6 Å². The highest BCUT2D eigenvalue weighted by Crippen LogP contribution is 2.31. The average molecular weight is 537 g/mol. The number of benzene rings is 1. The maximum Gasteiger partial charge on any atom is 0.327 e. The van der Waals surface area contributed by atoms with Gasteiger partial charge in [-0.05, 0) is 56.4 Å². The first-order chi connectivity index (χ1) is 18.9. The second kappa shape index (κ2) is 11.2. The third-order valence-electron chi connectivity index (χ3n) is 7.69. The van der Waals surface area contributed by atoms with Crippen molar-refractivity contribution < 1.29 is 13.6 Å². The standard InChI is InChI=1S/C27H30F2N8O2/c1-2-35-15-17(19-5-3-6-20(28)23(19)29)8-9-21(25(35)38)33-26(32-16-30)36-13-10-18(11-14-36)37-22-7-4-12-31-24(22)34-27(37)39/h3-7,12,17-18,21H,2,8-11,13-15H2,1H3,(H,32,33)(H,31,34,39). The Bertz CT molecular complexity index is 1480. The van der Waals surface area contributed by atoms with Gasteiger partial charge in [0.2, 0.25) is 11.9 Å². The number of nitrogens with zero attached hydrogens (tertiary/aromatic N) is 6. The predicted molar refractivity (Wildman–Crippen MR) is 141 cm³/mol. The van der Waals surface area contributed by atoms with Gasteiger partial charge in [0.1, 0.15) is 6.04 Å². The number of rotatable bonds is 4. The molecule has 5 rings (SSSR count). The van der Waals surface area contributed by atoms with Crippen LogP contribution in [-0.4, -0.2) is 68.4 Å². The minimum Gasteiger partial charge on any atom is -0.342 e. The van der Waals surface area contributed by atoms with Gasteiger partial charge in [-0.15, -0.1) is 0 Å². The molecule has 0 saturated carbocycles. The molecular weight excluding hydrogens is 506 g/mol. The normalized spacial score (nSPS) is 21.2. The Hall–Kier alpha value is -4.27. The first kappa shape index (κ1) is 26.3. The van der Waals surface area contributed by atoms with Gasteiger partial charge in [0.05, 0.1) is 5.52 Å². The molecular formula is C27H30F2N8O2. The SMILES string of the molecule is CCN1CC(c2cccc(F)c2F)CCC(N=C(NC#N)N2CCC(n3c(=O)[nH]c4ncccc43)CC2)C1=O. The Morgan fingerprint density at radius 1 is 1.18 bits per heavy atom. The summed E-state index contributed by atoms with van der Waals surface area (Å²) in [6, 6.07) is 6.96. The molecule has 2 aromatic heterocycles. The van der Waals surface area contributed by atoms with Gasteiger partial charge in [-0.1, -0.05) is 12.1 Å². The molecule has 0 aliphatic carbocycles. The lowest BCUT2D eigenvalue weighted by molar-refractivity contribution is -0.131. The molecule has 10 nitrogen and oxygen atoms in total. The van der Waals surface area contributed by atoms with Crippen LogP contribution in [0, 0.1) is 23.1 Å². The maximum atomic E-state index is 14.6. The maximum absolute atomic E-state index is 14.6. The van der Waals surface area contributed by atoms with Gasteiger partial charge in [-0.25, -0.2) is 23.6 Å². The van der Waals surface area contributed by atoms with E-state index >= 15 is 0 Å². The highest BCUT2D eigenvalue weighted by molar-refractivity contribution is 5.88. The van der Waals surface area contributed by atoms with Crippen LogP contribution >= 0.6 is 0 Å². The molecule has 1 amide bonds. The van der Waals surface area contributed by atoms with Crippen LogP contribution in [-0.2, 0) is 4.79 Å². The fourth-order valence-electron chi connectivity index (χ4n) is 5.68. The molecule has 204 valence electrons. The molecule has 2 fully saturated rings. The summed E-state index contributed by atoms with van der Waals surface area (Å²) in [5.74, 6) is -2.06. The first-order valence-corrected chi connectivity index (χ1v) is 13.2. The second-order valence-electron chi connectivity index (χ2n) is 9.89. The van der Waals surface area contributed by atoms with Crippen molar-refractivity contribution in [1.29, 1.82) is 5.26 Å². The number of aromatic amines is 1.